The lowest BCUT2D eigenvalue weighted by Gasteiger charge is -2.39. The van der Waals surface area contributed by atoms with Crippen LogP contribution in [-0.2, 0) is 11.2 Å². The molecule has 3 fully saturated rings. The predicted octanol–water partition coefficient (Wildman–Crippen LogP) is 2.98. The van der Waals surface area contributed by atoms with Gasteiger partial charge in [0.2, 0.25) is 5.91 Å². The fourth-order valence-electron chi connectivity index (χ4n) is 4.31. The molecular weight excluding hydrogens is 272 g/mol. The Morgan fingerprint density at radius 3 is 2.33 bits per heavy atom. The van der Waals surface area contributed by atoms with Gasteiger partial charge in [-0.2, -0.15) is 0 Å². The highest BCUT2D eigenvalue weighted by Crippen LogP contribution is 2.61. The van der Waals surface area contributed by atoms with Crippen LogP contribution < -0.4 is 0 Å². The van der Waals surface area contributed by atoms with Gasteiger partial charge in [-0.3, -0.25) is 4.79 Å². The first-order valence-corrected chi connectivity index (χ1v) is 7.74. The maximum absolute atomic E-state index is 12.8. The van der Waals surface area contributed by atoms with Crippen molar-refractivity contribution in [2.24, 2.45) is 23.7 Å². The third kappa shape index (κ3) is 2.34. The predicted molar refractivity (Wildman–Crippen MR) is 74.9 cm³/mol. The van der Waals surface area contributed by atoms with Crippen LogP contribution in [-0.4, -0.2) is 29.8 Å². The normalized spacial score (nSPS) is 36.0. The van der Waals surface area contributed by atoms with Crippen LogP contribution in [0, 0.1) is 23.7 Å². The number of hydrogen-bond acceptors (Lipinski definition) is 1. The van der Waals surface area contributed by atoms with E-state index in [9.17, 15) is 13.6 Å². The van der Waals surface area contributed by atoms with E-state index >= 15 is 0 Å². The zero-order valence-corrected chi connectivity index (χ0v) is 11.8. The lowest BCUT2D eigenvalue weighted by atomic mass is 9.92. The number of nitrogens with zero attached hydrogens (tertiary/aromatic N) is 1. The summed E-state index contributed by atoms with van der Waals surface area (Å²) in [6.07, 6.45) is 3.25. The first-order chi connectivity index (χ1) is 10.0. The topological polar surface area (TPSA) is 20.3 Å². The average Bonchev–Trinajstić information content (AvgIpc) is 2.93. The molecule has 1 aromatic carbocycles. The van der Waals surface area contributed by atoms with Gasteiger partial charge in [-0.15, -0.1) is 0 Å². The van der Waals surface area contributed by atoms with E-state index in [-0.39, 0.29) is 24.9 Å². The lowest BCUT2D eigenvalue weighted by molar-refractivity contribution is -0.167. The van der Waals surface area contributed by atoms with Gasteiger partial charge in [-0.25, -0.2) is 8.78 Å². The van der Waals surface area contributed by atoms with Crippen molar-refractivity contribution in [1.82, 2.24) is 4.90 Å². The van der Waals surface area contributed by atoms with Gasteiger partial charge in [0.25, 0.3) is 5.92 Å². The van der Waals surface area contributed by atoms with Gasteiger partial charge in [0.1, 0.15) is 0 Å². The number of fused-ring (bicyclic) bond motifs is 1. The SMILES string of the molecule is O=C(C1[C@H]2CC(Cc3ccccc3)C[C@@H]12)N1CC(F)(F)C1. The highest BCUT2D eigenvalue weighted by atomic mass is 19.3. The van der Waals surface area contributed by atoms with Gasteiger partial charge in [-0.1, -0.05) is 30.3 Å². The molecule has 2 nitrogen and oxygen atoms in total. The molecule has 1 aliphatic heterocycles. The number of alkyl halides is 2. The van der Waals surface area contributed by atoms with E-state index in [1.54, 1.807) is 0 Å². The number of carbonyl (C=O) groups excluding carboxylic acids is 1. The smallest absolute Gasteiger partial charge is 0.282 e. The third-order valence-electron chi connectivity index (χ3n) is 5.35. The Morgan fingerprint density at radius 2 is 1.76 bits per heavy atom. The molecule has 1 amide bonds. The Labute approximate surface area is 123 Å². The number of rotatable bonds is 3. The second-order valence-corrected chi connectivity index (χ2v) is 6.93. The molecule has 3 aliphatic rings. The minimum absolute atomic E-state index is 0.0194. The minimum Gasteiger partial charge on any atom is -0.330 e. The maximum Gasteiger partial charge on any atom is 0.282 e. The molecule has 2 saturated carbocycles. The minimum atomic E-state index is -2.64. The molecule has 4 heteroatoms. The molecule has 1 heterocycles. The van der Waals surface area contributed by atoms with Crippen LogP contribution >= 0.6 is 0 Å². The van der Waals surface area contributed by atoms with E-state index in [0.717, 1.165) is 19.3 Å². The third-order valence-corrected chi connectivity index (χ3v) is 5.35. The van der Waals surface area contributed by atoms with Crippen molar-refractivity contribution in [2.45, 2.75) is 25.2 Å². The highest BCUT2D eigenvalue weighted by molar-refractivity contribution is 5.83. The van der Waals surface area contributed by atoms with Crippen LogP contribution in [0.1, 0.15) is 18.4 Å². The van der Waals surface area contributed by atoms with Crippen molar-refractivity contribution in [3.8, 4) is 0 Å². The molecule has 0 aromatic heterocycles. The average molecular weight is 291 g/mol. The molecule has 0 bridgehead atoms. The largest absolute Gasteiger partial charge is 0.330 e. The van der Waals surface area contributed by atoms with Crippen molar-refractivity contribution < 1.29 is 13.6 Å². The Hall–Kier alpha value is -1.45. The zero-order valence-electron chi connectivity index (χ0n) is 11.8. The number of hydrogen-bond donors (Lipinski definition) is 0. The molecule has 4 rings (SSSR count). The molecule has 2 aliphatic carbocycles. The fourth-order valence-corrected chi connectivity index (χ4v) is 4.31. The summed E-state index contributed by atoms with van der Waals surface area (Å²) >= 11 is 0. The molecule has 1 saturated heterocycles. The summed E-state index contributed by atoms with van der Waals surface area (Å²) in [5, 5.41) is 0. The van der Waals surface area contributed by atoms with E-state index in [0.29, 0.717) is 17.8 Å². The quantitative estimate of drug-likeness (QED) is 0.838. The highest BCUT2D eigenvalue weighted by Gasteiger charge is 2.62. The van der Waals surface area contributed by atoms with Crippen molar-refractivity contribution in [2.75, 3.05) is 13.1 Å². The summed E-state index contributed by atoms with van der Waals surface area (Å²) in [7, 11) is 0. The van der Waals surface area contributed by atoms with Crippen molar-refractivity contribution in [3.05, 3.63) is 35.9 Å². The van der Waals surface area contributed by atoms with Crippen LogP contribution in [0.2, 0.25) is 0 Å². The number of carbonyl (C=O) groups is 1. The molecule has 0 N–H and O–H groups in total. The van der Waals surface area contributed by atoms with Crippen LogP contribution in [0.3, 0.4) is 0 Å². The Morgan fingerprint density at radius 1 is 1.14 bits per heavy atom. The molecule has 0 radical (unpaired) electrons. The summed E-state index contributed by atoms with van der Waals surface area (Å²) in [4.78, 5) is 13.5. The van der Waals surface area contributed by atoms with Gasteiger partial charge in [0.15, 0.2) is 0 Å². The van der Waals surface area contributed by atoms with Crippen LogP contribution in [0.4, 0.5) is 8.78 Å². The summed E-state index contributed by atoms with van der Waals surface area (Å²) in [6, 6.07) is 10.4. The standard InChI is InChI=1S/C17H19F2NO/c18-17(19)9-20(10-17)16(21)15-13-7-12(8-14(13)15)6-11-4-2-1-3-5-11/h1-5,12-15H,6-10H2/t12?,13-,14+,15?. The number of likely N-dealkylation sites (tertiary alicyclic amines) is 1. The molecule has 2 unspecified atom stereocenters. The monoisotopic (exact) mass is 291 g/mol. The fraction of sp³-hybridized carbons (Fsp3) is 0.588. The second-order valence-electron chi connectivity index (χ2n) is 6.93. The Balaban J connectivity index is 1.29. The first-order valence-electron chi connectivity index (χ1n) is 7.74. The Bertz CT molecular complexity index is 539. The van der Waals surface area contributed by atoms with Crippen molar-refractivity contribution in [3.63, 3.8) is 0 Å². The molecule has 1 aromatic rings. The van der Waals surface area contributed by atoms with Crippen LogP contribution in [0.25, 0.3) is 0 Å². The van der Waals surface area contributed by atoms with Crippen molar-refractivity contribution in [1.29, 1.82) is 0 Å². The summed E-state index contributed by atoms with van der Waals surface area (Å²) in [5.74, 6) is -1.04. The van der Waals surface area contributed by atoms with Crippen molar-refractivity contribution >= 4 is 5.91 Å². The second kappa shape index (κ2) is 4.52. The molecule has 4 atom stereocenters. The molecular formula is C17H19F2NO. The summed E-state index contributed by atoms with van der Waals surface area (Å²) in [5.41, 5.74) is 1.36. The van der Waals surface area contributed by atoms with E-state index in [1.165, 1.54) is 10.5 Å². The molecule has 0 spiro atoms. The van der Waals surface area contributed by atoms with Gasteiger partial charge >= 0.3 is 0 Å². The zero-order chi connectivity index (χ0) is 14.6. The number of halogens is 2. The molecule has 112 valence electrons. The Kier molecular flexibility index (Phi) is 2.85. The number of amides is 1. The van der Waals surface area contributed by atoms with Gasteiger partial charge in [0, 0.05) is 5.92 Å². The molecule has 21 heavy (non-hydrogen) atoms. The van der Waals surface area contributed by atoms with E-state index in [1.807, 2.05) is 6.07 Å². The van der Waals surface area contributed by atoms with E-state index in [2.05, 4.69) is 24.3 Å². The van der Waals surface area contributed by atoms with E-state index in [4.69, 9.17) is 0 Å². The van der Waals surface area contributed by atoms with Crippen LogP contribution in [0.15, 0.2) is 30.3 Å². The van der Waals surface area contributed by atoms with Crippen LogP contribution in [0.5, 0.6) is 0 Å². The number of benzene rings is 1. The first kappa shape index (κ1) is 13.2. The summed E-state index contributed by atoms with van der Waals surface area (Å²) in [6.45, 7) is -0.732. The van der Waals surface area contributed by atoms with Gasteiger partial charge in [-0.05, 0) is 42.6 Å². The van der Waals surface area contributed by atoms with Gasteiger partial charge in [0.05, 0.1) is 13.1 Å². The van der Waals surface area contributed by atoms with Gasteiger partial charge < -0.3 is 4.90 Å². The lowest BCUT2D eigenvalue weighted by Crippen LogP contribution is -2.59. The summed E-state index contributed by atoms with van der Waals surface area (Å²) < 4.78 is 25.7. The maximum atomic E-state index is 12.8. The van der Waals surface area contributed by atoms with E-state index < -0.39 is 5.92 Å².